The predicted octanol–water partition coefficient (Wildman–Crippen LogP) is -1.64. The summed E-state index contributed by atoms with van der Waals surface area (Å²) in [5, 5.41) is 8.86. The van der Waals surface area contributed by atoms with E-state index in [2.05, 4.69) is 5.84 Å². The van der Waals surface area contributed by atoms with Crippen LogP contribution in [0.25, 0.3) is 0 Å². The van der Waals surface area contributed by atoms with Gasteiger partial charge in [-0.2, -0.15) is 0 Å². The van der Waals surface area contributed by atoms with E-state index in [9.17, 15) is 4.79 Å². The van der Waals surface area contributed by atoms with Crippen LogP contribution in [0.2, 0.25) is 0 Å². The van der Waals surface area contributed by atoms with Gasteiger partial charge in [0.05, 0.1) is 0 Å². The van der Waals surface area contributed by atoms with Crippen LogP contribution in [0.4, 0.5) is 0 Å². The molecule has 9 heavy (non-hydrogen) atoms. The van der Waals surface area contributed by atoms with E-state index in [4.69, 9.17) is 11.5 Å². The highest BCUT2D eigenvalue weighted by Crippen LogP contribution is 1.97. The summed E-state index contributed by atoms with van der Waals surface area (Å²) in [6, 6.07) is 0. The van der Waals surface area contributed by atoms with Gasteiger partial charge in [0.25, 0.3) is 5.91 Å². The van der Waals surface area contributed by atoms with Crippen molar-refractivity contribution < 1.29 is 9.90 Å². The van der Waals surface area contributed by atoms with Crippen LogP contribution in [0.3, 0.4) is 0 Å². The number of terminal acetylenes is 1. The summed E-state index contributed by atoms with van der Waals surface area (Å²) in [4.78, 5) is 10.4. The van der Waals surface area contributed by atoms with Gasteiger partial charge >= 0.3 is 0 Å². The van der Waals surface area contributed by atoms with Gasteiger partial charge in [-0.3, -0.25) is 10.2 Å². The smallest absolute Gasteiger partial charge is 0.278 e. The molecule has 0 spiro atoms. The molecule has 4 N–H and O–H groups in total. The second-order valence-electron chi connectivity index (χ2n) is 1.69. The Morgan fingerprint density at radius 2 is 2.44 bits per heavy atom. The van der Waals surface area contributed by atoms with Crippen molar-refractivity contribution in [3.8, 4) is 12.3 Å². The van der Waals surface area contributed by atoms with Crippen molar-refractivity contribution >= 4 is 5.91 Å². The first-order chi connectivity index (χ1) is 4.04. The number of hydrazine groups is 1. The number of carbonyl (C=O) groups excluding carboxylic acids is 1. The molecule has 4 heteroatoms. The fourth-order valence-electron chi connectivity index (χ4n) is 0.206. The van der Waals surface area contributed by atoms with Crippen LogP contribution in [0.5, 0.6) is 0 Å². The second kappa shape index (κ2) is 2.49. The molecular formula is C5H8N2O2. The van der Waals surface area contributed by atoms with Gasteiger partial charge in [0.1, 0.15) is 0 Å². The molecule has 0 aliphatic rings. The summed E-state index contributed by atoms with van der Waals surface area (Å²) in [5.41, 5.74) is -0.0722. The third-order valence-corrected chi connectivity index (χ3v) is 0.854. The number of hydrogen-bond acceptors (Lipinski definition) is 3. The number of nitrogens with two attached hydrogens (primary N) is 1. The second-order valence-corrected chi connectivity index (χ2v) is 1.69. The molecule has 0 heterocycles. The fraction of sp³-hybridized carbons (Fsp3) is 0.400. The molecule has 4 nitrogen and oxygen atoms in total. The maximum Gasteiger partial charge on any atom is 0.278 e. The zero-order valence-electron chi connectivity index (χ0n) is 5.01. The lowest BCUT2D eigenvalue weighted by atomic mass is 10.1. The summed E-state index contributed by atoms with van der Waals surface area (Å²) in [7, 11) is 0. The molecule has 0 aromatic heterocycles. The van der Waals surface area contributed by atoms with Crippen molar-refractivity contribution in [3.05, 3.63) is 0 Å². The van der Waals surface area contributed by atoms with Crippen LogP contribution in [0.15, 0.2) is 0 Å². The van der Waals surface area contributed by atoms with Gasteiger partial charge in [-0.15, -0.1) is 6.42 Å². The first-order valence-electron chi connectivity index (χ1n) is 2.26. The van der Waals surface area contributed by atoms with Gasteiger partial charge in [0.2, 0.25) is 5.60 Å². The van der Waals surface area contributed by atoms with Crippen LogP contribution in [0, 0.1) is 12.3 Å². The normalized spacial score (nSPS) is 15.3. The van der Waals surface area contributed by atoms with E-state index >= 15 is 0 Å². The van der Waals surface area contributed by atoms with Crippen LogP contribution < -0.4 is 11.3 Å². The van der Waals surface area contributed by atoms with Crippen LogP contribution in [-0.2, 0) is 4.79 Å². The van der Waals surface area contributed by atoms with Crippen LogP contribution in [-0.4, -0.2) is 16.6 Å². The Morgan fingerprint density at radius 1 is 2.00 bits per heavy atom. The van der Waals surface area contributed by atoms with Crippen molar-refractivity contribution in [3.63, 3.8) is 0 Å². The summed E-state index contributed by atoms with van der Waals surface area (Å²) in [6.45, 7) is 1.18. The van der Waals surface area contributed by atoms with Crippen molar-refractivity contribution in [2.24, 2.45) is 5.84 Å². The maximum absolute atomic E-state index is 10.4. The predicted molar refractivity (Wildman–Crippen MR) is 31.8 cm³/mol. The average molecular weight is 128 g/mol. The number of rotatable bonds is 1. The highest BCUT2D eigenvalue weighted by atomic mass is 16.3. The molecule has 1 amide bonds. The van der Waals surface area contributed by atoms with Gasteiger partial charge < -0.3 is 5.11 Å². The molecule has 0 aliphatic carbocycles. The Labute approximate surface area is 53.0 Å². The lowest BCUT2D eigenvalue weighted by molar-refractivity contribution is -0.133. The van der Waals surface area contributed by atoms with Gasteiger partial charge in [0, 0.05) is 0 Å². The van der Waals surface area contributed by atoms with Gasteiger partial charge in [-0.25, -0.2) is 5.84 Å². The summed E-state index contributed by atoms with van der Waals surface area (Å²) in [5.74, 6) is 5.75. The molecule has 0 aromatic rings. The molecule has 1 unspecified atom stereocenters. The minimum Gasteiger partial charge on any atom is -0.370 e. The van der Waals surface area contributed by atoms with E-state index < -0.39 is 11.5 Å². The number of nitrogens with one attached hydrogen (secondary N) is 1. The highest BCUT2D eigenvalue weighted by Gasteiger charge is 2.25. The van der Waals surface area contributed by atoms with Gasteiger partial charge in [-0.1, -0.05) is 5.92 Å². The maximum atomic E-state index is 10.4. The van der Waals surface area contributed by atoms with E-state index in [-0.39, 0.29) is 0 Å². The molecule has 1 atom stereocenters. The average Bonchev–Trinajstić information content (AvgIpc) is 1.86. The first-order valence-corrected chi connectivity index (χ1v) is 2.26. The standard InChI is InChI=1S/C5H8N2O2/c1-3-5(2,9)4(8)7-6/h1,9H,6H2,2H3,(H,7,8). The largest absolute Gasteiger partial charge is 0.370 e. The van der Waals surface area contributed by atoms with Crippen LogP contribution >= 0.6 is 0 Å². The third kappa shape index (κ3) is 1.72. The third-order valence-electron chi connectivity index (χ3n) is 0.854. The van der Waals surface area contributed by atoms with E-state index in [1.54, 1.807) is 5.43 Å². The van der Waals surface area contributed by atoms with Crippen molar-refractivity contribution in [2.75, 3.05) is 0 Å². The lowest BCUT2D eigenvalue weighted by Gasteiger charge is -2.12. The Hall–Kier alpha value is -1.05. The highest BCUT2D eigenvalue weighted by molar-refractivity contribution is 5.87. The zero-order chi connectivity index (χ0) is 7.49. The minimum absolute atomic E-state index is 0.787. The Balaban J connectivity index is 4.19. The Kier molecular flexibility index (Phi) is 2.20. The fourth-order valence-corrected chi connectivity index (χ4v) is 0.206. The Bertz CT molecular complexity index is 157. The molecule has 0 fully saturated rings. The number of aliphatic hydroxyl groups is 1. The van der Waals surface area contributed by atoms with E-state index in [1.165, 1.54) is 6.92 Å². The van der Waals surface area contributed by atoms with E-state index in [1.807, 2.05) is 5.92 Å². The molecule has 0 aromatic carbocycles. The van der Waals surface area contributed by atoms with Crippen molar-refractivity contribution in [2.45, 2.75) is 12.5 Å². The van der Waals surface area contributed by atoms with E-state index in [0.29, 0.717) is 0 Å². The van der Waals surface area contributed by atoms with Crippen molar-refractivity contribution in [1.82, 2.24) is 5.43 Å². The molecular weight excluding hydrogens is 120 g/mol. The lowest BCUT2D eigenvalue weighted by Crippen LogP contribution is -2.46. The summed E-state index contributed by atoms with van der Waals surface area (Å²) in [6.07, 6.45) is 4.77. The number of hydrogen-bond donors (Lipinski definition) is 3. The first kappa shape index (κ1) is 7.95. The molecule has 0 aliphatic heterocycles. The van der Waals surface area contributed by atoms with Gasteiger partial charge in [-0.05, 0) is 6.92 Å². The SMILES string of the molecule is C#CC(C)(O)C(=O)NN. The quantitative estimate of drug-likeness (QED) is 0.171. The Morgan fingerprint density at radius 3 is 2.56 bits per heavy atom. The van der Waals surface area contributed by atoms with Gasteiger partial charge in [0.15, 0.2) is 0 Å². The molecule has 50 valence electrons. The molecule has 0 radical (unpaired) electrons. The summed E-state index contributed by atoms with van der Waals surface area (Å²) < 4.78 is 0. The molecule has 0 saturated carbocycles. The molecule has 0 rings (SSSR count). The number of amides is 1. The minimum atomic E-state index is -1.80. The topological polar surface area (TPSA) is 75.3 Å². The molecule has 0 bridgehead atoms. The van der Waals surface area contributed by atoms with E-state index in [0.717, 1.165) is 0 Å². The van der Waals surface area contributed by atoms with Crippen LogP contribution in [0.1, 0.15) is 6.92 Å². The summed E-state index contributed by atoms with van der Waals surface area (Å²) >= 11 is 0. The van der Waals surface area contributed by atoms with Crippen molar-refractivity contribution in [1.29, 1.82) is 0 Å². The monoisotopic (exact) mass is 128 g/mol. The number of carbonyl (C=O) groups is 1. The molecule has 0 saturated heterocycles. The zero-order valence-corrected chi connectivity index (χ0v) is 5.01.